The summed E-state index contributed by atoms with van der Waals surface area (Å²) in [6.07, 6.45) is 1.52. The third kappa shape index (κ3) is 4.69. The summed E-state index contributed by atoms with van der Waals surface area (Å²) in [5, 5.41) is 6.22. The van der Waals surface area contributed by atoms with Crippen LogP contribution in [-0.4, -0.2) is 29.8 Å². The largest absolute Gasteiger partial charge is 0.496 e. The molecule has 6 aromatic rings. The molecule has 208 valence electrons. The van der Waals surface area contributed by atoms with Gasteiger partial charge in [0.1, 0.15) is 23.7 Å². The molecule has 0 atom stereocenters. The zero-order valence-corrected chi connectivity index (χ0v) is 23.0. The molecule has 3 heterocycles. The van der Waals surface area contributed by atoms with Crippen LogP contribution in [0.15, 0.2) is 99.2 Å². The molecule has 2 aromatic heterocycles. The van der Waals surface area contributed by atoms with E-state index in [1.165, 1.54) is 10.9 Å². The van der Waals surface area contributed by atoms with Crippen LogP contribution in [0.25, 0.3) is 33.5 Å². The van der Waals surface area contributed by atoms with Crippen LogP contribution in [0.4, 0.5) is 0 Å². The van der Waals surface area contributed by atoms with E-state index in [2.05, 4.69) is 5.10 Å². The molecule has 4 aromatic carbocycles. The molecule has 0 N–H and O–H groups in total. The summed E-state index contributed by atoms with van der Waals surface area (Å²) in [6, 6.07) is 25.2. The lowest BCUT2D eigenvalue weighted by molar-refractivity contribution is 0.174. The van der Waals surface area contributed by atoms with E-state index in [4.69, 9.17) is 39.9 Å². The number of hydrogen-bond acceptors (Lipinski definition) is 8. The molecular weight excluding hydrogens is 558 g/mol. The molecule has 0 saturated carbocycles. The molecule has 0 unspecified atom stereocenters. The molecule has 0 amide bonds. The van der Waals surface area contributed by atoms with E-state index in [0.29, 0.717) is 55.8 Å². The van der Waals surface area contributed by atoms with Gasteiger partial charge in [0, 0.05) is 10.6 Å². The molecule has 0 saturated heterocycles. The Bertz CT molecular complexity index is 2070. The second-order valence-corrected chi connectivity index (χ2v) is 9.89. The fourth-order valence-electron chi connectivity index (χ4n) is 4.78. The molecule has 0 bridgehead atoms. The lowest BCUT2D eigenvalue weighted by atomic mass is 10.2. The van der Waals surface area contributed by atoms with E-state index in [1.807, 2.05) is 42.5 Å². The lowest BCUT2D eigenvalue weighted by Crippen LogP contribution is -2.20. The van der Waals surface area contributed by atoms with Gasteiger partial charge in [-0.1, -0.05) is 35.9 Å². The molecule has 1 aliphatic rings. The number of ether oxygens (including phenoxy) is 4. The lowest BCUT2D eigenvalue weighted by Gasteiger charge is -2.11. The summed E-state index contributed by atoms with van der Waals surface area (Å²) >= 11 is 6.33. The quantitative estimate of drug-likeness (QED) is 0.195. The van der Waals surface area contributed by atoms with Crippen LogP contribution in [0.5, 0.6) is 23.0 Å². The Hall–Kier alpha value is -5.28. The van der Waals surface area contributed by atoms with Gasteiger partial charge in [0.15, 0.2) is 17.3 Å². The Morgan fingerprint density at radius 3 is 2.74 bits per heavy atom. The summed E-state index contributed by atoms with van der Waals surface area (Å²) < 4.78 is 29.8. The molecule has 42 heavy (non-hydrogen) atoms. The van der Waals surface area contributed by atoms with Crippen LogP contribution in [0.2, 0.25) is 5.02 Å². The van der Waals surface area contributed by atoms with E-state index >= 15 is 0 Å². The maximum atomic E-state index is 13.7. The van der Waals surface area contributed by atoms with Crippen LogP contribution in [0, 0.1) is 0 Å². The number of fused-ring (bicyclic) bond motifs is 3. The van der Waals surface area contributed by atoms with E-state index in [9.17, 15) is 4.79 Å². The number of aromatic nitrogens is 2. The Kier molecular flexibility index (Phi) is 6.48. The normalized spacial score (nSPS) is 12.4. The number of rotatable bonds is 7. The highest BCUT2D eigenvalue weighted by Crippen LogP contribution is 2.34. The predicted molar refractivity (Wildman–Crippen MR) is 159 cm³/mol. The number of methoxy groups -OCH3 is 1. The average molecular weight is 580 g/mol. The van der Waals surface area contributed by atoms with Gasteiger partial charge in [0.05, 0.1) is 29.6 Å². The molecule has 0 radical (unpaired) electrons. The minimum atomic E-state index is -0.357. The van der Waals surface area contributed by atoms with Gasteiger partial charge in [-0.25, -0.2) is 4.98 Å². The molecule has 0 aliphatic carbocycles. The van der Waals surface area contributed by atoms with E-state index in [-0.39, 0.29) is 24.8 Å². The molecule has 0 spiro atoms. The third-order valence-electron chi connectivity index (χ3n) is 6.83. The van der Waals surface area contributed by atoms with Crippen molar-refractivity contribution in [2.45, 2.75) is 6.61 Å². The monoisotopic (exact) mass is 579 g/mol. The summed E-state index contributed by atoms with van der Waals surface area (Å²) in [6.45, 7) is 0.465. The van der Waals surface area contributed by atoms with E-state index < -0.39 is 0 Å². The zero-order chi connectivity index (χ0) is 28.6. The number of furan rings is 1. The summed E-state index contributed by atoms with van der Waals surface area (Å²) in [4.78, 5) is 18.5. The first kappa shape index (κ1) is 25.7. The molecule has 10 heteroatoms. The van der Waals surface area contributed by atoms with Gasteiger partial charge in [-0.2, -0.15) is 9.78 Å². The molecular formula is C32H22ClN3O6. The zero-order valence-electron chi connectivity index (χ0n) is 22.2. The topological polar surface area (TPSA) is 97.3 Å². The first-order valence-corrected chi connectivity index (χ1v) is 13.4. The van der Waals surface area contributed by atoms with Gasteiger partial charge < -0.3 is 23.4 Å². The first-order valence-electron chi connectivity index (χ1n) is 13.0. The van der Waals surface area contributed by atoms with Crippen molar-refractivity contribution in [3.05, 3.63) is 111 Å². The fraction of sp³-hybridized carbons (Fsp3) is 0.0938. The van der Waals surface area contributed by atoms with Crippen LogP contribution in [0.3, 0.4) is 0 Å². The van der Waals surface area contributed by atoms with Crippen molar-refractivity contribution in [3.63, 3.8) is 0 Å². The summed E-state index contributed by atoms with van der Waals surface area (Å²) in [5.74, 6) is 3.14. The van der Waals surface area contributed by atoms with Crippen LogP contribution in [0.1, 0.15) is 11.1 Å². The van der Waals surface area contributed by atoms with Gasteiger partial charge in [-0.15, -0.1) is 0 Å². The summed E-state index contributed by atoms with van der Waals surface area (Å²) in [7, 11) is 1.59. The first-order chi connectivity index (χ1) is 20.6. The van der Waals surface area contributed by atoms with Crippen molar-refractivity contribution in [2.75, 3.05) is 13.9 Å². The molecule has 7 rings (SSSR count). The maximum absolute atomic E-state index is 13.7. The standard InChI is InChI=1S/C32H22ClN3O6/c1-38-26-7-4-8-27-23(26)15-30(42-27)31-35-24-6-3-2-5-22(24)32(37)36(31)34-16-20-14-21(33)10-12-25(20)39-17-19-9-11-28-29(13-19)41-18-40-28/h2-16H,17-18H2,1H3. The summed E-state index contributed by atoms with van der Waals surface area (Å²) in [5.41, 5.74) is 2.22. The minimum absolute atomic E-state index is 0.198. The number of para-hydroxylation sites is 1. The number of benzene rings is 4. The predicted octanol–water partition coefficient (Wildman–Crippen LogP) is 6.66. The maximum Gasteiger partial charge on any atom is 0.282 e. The van der Waals surface area contributed by atoms with E-state index in [1.54, 1.807) is 49.6 Å². The minimum Gasteiger partial charge on any atom is -0.496 e. The Morgan fingerprint density at radius 1 is 0.952 bits per heavy atom. The second kappa shape index (κ2) is 10.6. The van der Waals surface area contributed by atoms with Gasteiger partial charge >= 0.3 is 0 Å². The Morgan fingerprint density at radius 2 is 1.83 bits per heavy atom. The van der Waals surface area contributed by atoms with Crippen LogP contribution in [-0.2, 0) is 6.61 Å². The highest BCUT2D eigenvalue weighted by atomic mass is 35.5. The Labute approximate surface area is 244 Å². The van der Waals surface area contributed by atoms with Gasteiger partial charge in [0.2, 0.25) is 12.6 Å². The highest BCUT2D eigenvalue weighted by Gasteiger charge is 2.18. The van der Waals surface area contributed by atoms with Crippen LogP contribution < -0.4 is 24.5 Å². The van der Waals surface area contributed by atoms with Crippen molar-refractivity contribution >= 4 is 39.7 Å². The van der Waals surface area contributed by atoms with Crippen molar-refractivity contribution in [3.8, 4) is 34.6 Å². The average Bonchev–Trinajstić information content (AvgIpc) is 3.67. The SMILES string of the molecule is COc1cccc2oc(-c3nc4ccccc4c(=O)n3N=Cc3cc(Cl)ccc3OCc3ccc4c(c3)OCO4)cc12. The van der Waals surface area contributed by atoms with Gasteiger partial charge in [-0.3, -0.25) is 4.79 Å². The van der Waals surface area contributed by atoms with Crippen molar-refractivity contribution in [1.29, 1.82) is 0 Å². The van der Waals surface area contributed by atoms with Crippen LogP contribution >= 0.6 is 11.6 Å². The van der Waals surface area contributed by atoms with Gasteiger partial charge in [0.25, 0.3) is 5.56 Å². The van der Waals surface area contributed by atoms with Crippen molar-refractivity contribution in [2.24, 2.45) is 5.10 Å². The number of nitrogens with zero attached hydrogens (tertiary/aromatic N) is 3. The highest BCUT2D eigenvalue weighted by molar-refractivity contribution is 6.30. The fourth-order valence-corrected chi connectivity index (χ4v) is 4.96. The third-order valence-corrected chi connectivity index (χ3v) is 7.07. The Balaban J connectivity index is 1.29. The number of hydrogen-bond donors (Lipinski definition) is 0. The van der Waals surface area contributed by atoms with Crippen molar-refractivity contribution < 1.29 is 23.4 Å². The smallest absolute Gasteiger partial charge is 0.282 e. The van der Waals surface area contributed by atoms with Crippen molar-refractivity contribution in [1.82, 2.24) is 9.66 Å². The van der Waals surface area contributed by atoms with E-state index in [0.717, 1.165) is 10.9 Å². The second-order valence-electron chi connectivity index (χ2n) is 9.46. The molecule has 9 nitrogen and oxygen atoms in total. The van der Waals surface area contributed by atoms with Gasteiger partial charge in [-0.05, 0) is 66.2 Å². The number of halogens is 1. The molecule has 1 aliphatic heterocycles. The molecule has 0 fully saturated rings.